The number of carbonyl (C=O) groups excluding carboxylic acids is 1. The van der Waals surface area contributed by atoms with E-state index in [1.807, 2.05) is 0 Å². The van der Waals surface area contributed by atoms with Gasteiger partial charge in [0.05, 0.1) is 6.10 Å². The molecular weight excluding hydrogens is 404 g/mol. The van der Waals surface area contributed by atoms with Crippen molar-refractivity contribution in [2.45, 2.75) is 117 Å². The van der Waals surface area contributed by atoms with Crippen LogP contribution < -0.4 is 0 Å². The van der Waals surface area contributed by atoms with Crippen LogP contribution in [0.3, 0.4) is 0 Å². The van der Waals surface area contributed by atoms with Gasteiger partial charge in [-0.05, 0) is 113 Å². The third-order valence-electron chi connectivity index (χ3n) is 9.35. The van der Waals surface area contributed by atoms with Crippen molar-refractivity contribution in [3.05, 3.63) is 0 Å². The van der Waals surface area contributed by atoms with E-state index in [9.17, 15) is 4.79 Å². The van der Waals surface area contributed by atoms with Crippen molar-refractivity contribution >= 4 is 22.4 Å². The fraction of sp³-hybridized carbons (Fsp3) is 0.960. The predicted molar refractivity (Wildman–Crippen MR) is 129 cm³/mol. The summed E-state index contributed by atoms with van der Waals surface area (Å²) in [6, 6.07) is 0. The zero-order chi connectivity index (χ0) is 22.1. The van der Waals surface area contributed by atoms with E-state index >= 15 is 0 Å². The highest BCUT2D eigenvalue weighted by molar-refractivity contribution is 6.70. The second kappa shape index (κ2) is 7.53. The second-order valence-electron chi connectivity index (χ2n) is 13.6. The first kappa shape index (κ1) is 23.2. The Morgan fingerprint density at radius 3 is 2.03 bits per heavy atom. The summed E-state index contributed by atoms with van der Waals surface area (Å²) in [5.41, 5.74) is 0.537. The molecule has 4 aliphatic carbocycles. The molecule has 4 saturated carbocycles. The number of hydrogen-bond acceptors (Lipinski definition) is 3. The van der Waals surface area contributed by atoms with Gasteiger partial charge < -0.3 is 8.85 Å². The maximum absolute atomic E-state index is 13.6. The molecule has 4 fully saturated rings. The van der Waals surface area contributed by atoms with E-state index in [1.54, 1.807) is 0 Å². The number of rotatable bonds is 4. The summed E-state index contributed by atoms with van der Waals surface area (Å²) in [6.45, 7) is 18.8. The number of carbonyl (C=O) groups is 1. The van der Waals surface area contributed by atoms with Crippen LogP contribution >= 0.6 is 0 Å². The third kappa shape index (κ3) is 4.06. The molecule has 0 bridgehead atoms. The Labute approximate surface area is 187 Å². The standard InChI is InChI=1S/C25H46O3Si2/c1-24-13-11-18(27-29(3,4)5)15-17(24)16-21(26)23-19-9-10-22(28-30(6,7)8)25(19,2)14-12-20(23)24/h17-20,22-23H,9-16H2,1-8H3/t17-,18+,19?,20?,22+,23?,24+,25+/m1/s1. The Morgan fingerprint density at radius 2 is 1.40 bits per heavy atom. The first-order valence-corrected chi connectivity index (χ1v) is 19.4. The topological polar surface area (TPSA) is 35.5 Å². The minimum absolute atomic E-state index is 0.207. The highest BCUT2D eigenvalue weighted by Crippen LogP contribution is 2.66. The third-order valence-corrected chi connectivity index (χ3v) is 11.4. The van der Waals surface area contributed by atoms with Crippen molar-refractivity contribution in [2.75, 3.05) is 0 Å². The van der Waals surface area contributed by atoms with Crippen LogP contribution in [0.2, 0.25) is 39.3 Å². The molecule has 4 aliphatic rings. The number of hydrogen-bond donors (Lipinski definition) is 0. The van der Waals surface area contributed by atoms with Crippen LogP contribution in [0.4, 0.5) is 0 Å². The van der Waals surface area contributed by atoms with Gasteiger partial charge in [-0.3, -0.25) is 4.79 Å². The molecule has 0 aromatic carbocycles. The van der Waals surface area contributed by atoms with Crippen molar-refractivity contribution in [3.63, 3.8) is 0 Å². The Kier molecular flexibility index (Phi) is 5.82. The summed E-state index contributed by atoms with van der Waals surface area (Å²) in [5.74, 6) is 2.52. The summed E-state index contributed by atoms with van der Waals surface area (Å²) in [7, 11) is -3.10. The quantitative estimate of drug-likeness (QED) is 0.450. The van der Waals surface area contributed by atoms with E-state index in [1.165, 1.54) is 32.1 Å². The van der Waals surface area contributed by atoms with Crippen LogP contribution in [0.15, 0.2) is 0 Å². The lowest BCUT2D eigenvalue weighted by Gasteiger charge is -2.60. The normalized spacial score (nSPS) is 46.9. The lowest BCUT2D eigenvalue weighted by molar-refractivity contribution is -0.161. The SMILES string of the molecule is C[C@]12CCC3C(C(=O)C[C@H]4C[C@@H](O[Si](C)(C)C)CC[C@]34C)C1CC[C@@H]2O[Si](C)(C)C. The van der Waals surface area contributed by atoms with Gasteiger partial charge in [-0.2, -0.15) is 0 Å². The molecular formula is C25H46O3Si2. The largest absolute Gasteiger partial charge is 0.415 e. The Bertz CT molecular complexity index is 681. The summed E-state index contributed by atoms with van der Waals surface area (Å²) in [5, 5.41) is 0. The molecule has 3 unspecified atom stereocenters. The lowest BCUT2D eigenvalue weighted by Crippen LogP contribution is -2.58. The zero-order valence-electron chi connectivity index (χ0n) is 20.8. The van der Waals surface area contributed by atoms with Crippen molar-refractivity contribution in [1.29, 1.82) is 0 Å². The number of fused-ring (bicyclic) bond motifs is 5. The van der Waals surface area contributed by atoms with Crippen LogP contribution in [0.1, 0.15) is 65.2 Å². The number of ketones is 1. The fourth-order valence-electron chi connectivity index (χ4n) is 8.07. The average molecular weight is 451 g/mol. The fourth-order valence-corrected chi connectivity index (χ4v) is 10.5. The molecule has 0 spiro atoms. The molecule has 0 N–H and O–H groups in total. The highest BCUT2D eigenvalue weighted by atomic mass is 28.4. The van der Waals surface area contributed by atoms with Gasteiger partial charge in [-0.25, -0.2) is 0 Å². The molecule has 0 radical (unpaired) electrons. The van der Waals surface area contributed by atoms with Gasteiger partial charge in [0.2, 0.25) is 0 Å². The van der Waals surface area contributed by atoms with E-state index in [0.717, 1.165) is 19.3 Å². The van der Waals surface area contributed by atoms with E-state index in [4.69, 9.17) is 8.85 Å². The zero-order valence-corrected chi connectivity index (χ0v) is 22.8. The molecule has 0 saturated heterocycles. The van der Waals surface area contributed by atoms with Crippen LogP contribution in [0.5, 0.6) is 0 Å². The second-order valence-corrected chi connectivity index (χ2v) is 22.5. The molecule has 8 atom stereocenters. The molecule has 0 aromatic rings. The van der Waals surface area contributed by atoms with Gasteiger partial charge in [-0.15, -0.1) is 0 Å². The molecule has 0 aromatic heterocycles. The molecule has 0 aliphatic heterocycles. The van der Waals surface area contributed by atoms with E-state index in [0.29, 0.717) is 41.2 Å². The van der Waals surface area contributed by atoms with E-state index in [2.05, 4.69) is 53.1 Å². The minimum Gasteiger partial charge on any atom is -0.415 e. The van der Waals surface area contributed by atoms with Crippen molar-refractivity contribution in [3.8, 4) is 0 Å². The Hall–Kier alpha value is 0.0238. The van der Waals surface area contributed by atoms with Crippen molar-refractivity contribution in [2.24, 2.45) is 34.5 Å². The Balaban J connectivity index is 1.54. The van der Waals surface area contributed by atoms with Gasteiger partial charge >= 0.3 is 0 Å². The Morgan fingerprint density at radius 1 is 0.800 bits per heavy atom. The molecule has 30 heavy (non-hydrogen) atoms. The van der Waals surface area contributed by atoms with Gasteiger partial charge in [0, 0.05) is 18.4 Å². The average Bonchev–Trinajstić information content (AvgIpc) is 2.90. The first-order valence-electron chi connectivity index (χ1n) is 12.6. The summed E-state index contributed by atoms with van der Waals surface area (Å²) >= 11 is 0. The molecule has 4 rings (SSSR count). The lowest BCUT2D eigenvalue weighted by atomic mass is 9.45. The van der Waals surface area contributed by atoms with Gasteiger partial charge in [0.15, 0.2) is 16.6 Å². The monoisotopic (exact) mass is 450 g/mol. The molecule has 0 heterocycles. The van der Waals surface area contributed by atoms with Crippen LogP contribution in [-0.2, 0) is 13.6 Å². The van der Waals surface area contributed by atoms with Crippen molar-refractivity contribution in [1.82, 2.24) is 0 Å². The summed E-state index contributed by atoms with van der Waals surface area (Å²) in [4.78, 5) is 13.6. The van der Waals surface area contributed by atoms with Gasteiger partial charge in [-0.1, -0.05) is 13.8 Å². The molecule has 172 valence electrons. The molecule has 5 heteroatoms. The maximum Gasteiger partial charge on any atom is 0.184 e. The maximum atomic E-state index is 13.6. The van der Waals surface area contributed by atoms with Gasteiger partial charge in [0.25, 0.3) is 0 Å². The van der Waals surface area contributed by atoms with Crippen LogP contribution in [0.25, 0.3) is 0 Å². The molecule has 0 amide bonds. The summed E-state index contributed by atoms with van der Waals surface area (Å²) < 4.78 is 13.2. The van der Waals surface area contributed by atoms with Crippen LogP contribution in [0, 0.1) is 34.5 Å². The summed E-state index contributed by atoms with van der Waals surface area (Å²) in [6.07, 6.45) is 9.93. The highest BCUT2D eigenvalue weighted by Gasteiger charge is 2.63. The molecule has 3 nitrogen and oxygen atoms in total. The van der Waals surface area contributed by atoms with E-state index < -0.39 is 16.6 Å². The number of Topliss-reactive ketones (excluding diaryl/α,β-unsaturated/α-hetero) is 1. The first-order chi connectivity index (χ1) is 13.7. The smallest absolute Gasteiger partial charge is 0.184 e. The van der Waals surface area contributed by atoms with Crippen molar-refractivity contribution < 1.29 is 13.6 Å². The minimum atomic E-state index is -1.57. The van der Waals surface area contributed by atoms with E-state index in [-0.39, 0.29) is 11.3 Å². The van der Waals surface area contributed by atoms with Gasteiger partial charge in [0.1, 0.15) is 5.78 Å². The van der Waals surface area contributed by atoms with Crippen LogP contribution in [-0.4, -0.2) is 34.6 Å². The predicted octanol–water partition coefficient (Wildman–Crippen LogP) is 6.65.